The molecule has 5 rings (SSSR count). The molecular weight excluding hydrogens is 528 g/mol. The maximum Gasteiger partial charge on any atom is 0.328 e. The number of rotatable bonds is 9. The number of ether oxygens (including phenoxy) is 2. The molecule has 5 aromatic rings. The zero-order valence-electron chi connectivity index (χ0n) is 21.9. The van der Waals surface area contributed by atoms with Crippen LogP contribution in [0.3, 0.4) is 0 Å². The topological polar surface area (TPSA) is 98.2 Å². The molecule has 0 spiro atoms. The minimum Gasteiger partial charge on any atom is -0.496 e. The molecule has 0 aliphatic heterocycles. The number of benzene rings is 3. The van der Waals surface area contributed by atoms with Crippen molar-refractivity contribution < 1.29 is 19.1 Å². The molecule has 40 heavy (non-hydrogen) atoms. The molecule has 0 aliphatic rings. The molecule has 1 atom stereocenters. The van der Waals surface area contributed by atoms with Gasteiger partial charge in [-0.2, -0.15) is 5.10 Å². The molecular formula is C31H27ClN4O4. The van der Waals surface area contributed by atoms with Gasteiger partial charge in [0.2, 0.25) is 5.91 Å². The number of hydrogen-bond acceptors (Lipinski definition) is 5. The molecule has 9 heteroatoms. The number of nitrogens with zero attached hydrogens (tertiary/aromatic N) is 2. The number of fused-ring (bicyclic) bond motifs is 1. The predicted molar refractivity (Wildman–Crippen MR) is 156 cm³/mol. The van der Waals surface area contributed by atoms with Crippen LogP contribution < -0.4 is 10.1 Å². The smallest absolute Gasteiger partial charge is 0.328 e. The Labute approximate surface area is 236 Å². The van der Waals surface area contributed by atoms with E-state index in [-0.39, 0.29) is 6.42 Å². The number of carbonyl (C=O) groups excluding carboxylic acids is 2. The molecule has 0 unspecified atom stereocenters. The Morgan fingerprint density at radius 1 is 1.07 bits per heavy atom. The normalized spacial score (nSPS) is 12.0. The van der Waals surface area contributed by atoms with Crippen molar-refractivity contribution in [3.8, 4) is 22.7 Å². The standard InChI is InChI=1S/C31H27ClN4O4/c1-39-28-13-6-4-11-25(28)30-20(19-36(35-30)23-9-7-8-22(32)17-23)14-15-29(37)34-27(31(38)40-2)16-21-18-33-26-12-5-3-10-24(21)26/h3-15,17-19,27,33H,16H2,1-2H3,(H,34,37)/b15-14+/t27-/m0/s1. The van der Waals surface area contributed by atoms with Gasteiger partial charge in [-0.3, -0.25) is 4.79 Å². The lowest BCUT2D eigenvalue weighted by atomic mass is 10.0. The Balaban J connectivity index is 1.43. The minimum atomic E-state index is -0.871. The maximum atomic E-state index is 13.0. The van der Waals surface area contributed by atoms with Crippen LogP contribution >= 0.6 is 11.6 Å². The number of H-pyrrole nitrogens is 1. The first kappa shape index (κ1) is 26.8. The fourth-order valence-corrected chi connectivity index (χ4v) is 4.74. The number of halogens is 1. The van der Waals surface area contributed by atoms with E-state index in [9.17, 15) is 9.59 Å². The van der Waals surface area contributed by atoms with Crippen molar-refractivity contribution in [1.82, 2.24) is 20.1 Å². The van der Waals surface area contributed by atoms with Gasteiger partial charge in [0.25, 0.3) is 0 Å². The lowest BCUT2D eigenvalue weighted by Gasteiger charge is -2.15. The molecule has 0 saturated heterocycles. The van der Waals surface area contributed by atoms with Gasteiger partial charge >= 0.3 is 5.97 Å². The van der Waals surface area contributed by atoms with Crippen molar-refractivity contribution in [2.45, 2.75) is 12.5 Å². The summed E-state index contributed by atoms with van der Waals surface area (Å²) in [6.45, 7) is 0. The van der Waals surface area contributed by atoms with Crippen LogP contribution in [0.1, 0.15) is 11.1 Å². The quantitative estimate of drug-likeness (QED) is 0.183. The average Bonchev–Trinajstić information content (AvgIpc) is 3.60. The highest BCUT2D eigenvalue weighted by atomic mass is 35.5. The zero-order valence-corrected chi connectivity index (χ0v) is 22.7. The number of aromatic nitrogens is 3. The second-order valence-corrected chi connectivity index (χ2v) is 9.48. The van der Waals surface area contributed by atoms with Crippen LogP contribution in [0.15, 0.2) is 91.3 Å². The van der Waals surface area contributed by atoms with Crippen LogP contribution in [0, 0.1) is 0 Å². The second kappa shape index (κ2) is 11.9. The third-order valence-corrected chi connectivity index (χ3v) is 6.73. The number of nitrogens with one attached hydrogen (secondary N) is 2. The van der Waals surface area contributed by atoms with Crippen LogP contribution in [-0.4, -0.2) is 46.9 Å². The number of aromatic amines is 1. The van der Waals surface area contributed by atoms with E-state index in [1.165, 1.54) is 13.2 Å². The Kier molecular flexibility index (Phi) is 7.98. The van der Waals surface area contributed by atoms with Gasteiger partial charge in [0.05, 0.1) is 19.9 Å². The summed E-state index contributed by atoms with van der Waals surface area (Å²) < 4.78 is 12.2. The van der Waals surface area contributed by atoms with Gasteiger partial charge in [0.15, 0.2) is 0 Å². The van der Waals surface area contributed by atoms with Gasteiger partial charge in [-0.1, -0.05) is 48.0 Å². The SMILES string of the molecule is COC(=O)[C@H](Cc1c[nH]c2ccccc12)NC(=O)/C=C/c1cn(-c2cccc(Cl)c2)nc1-c1ccccc1OC. The summed E-state index contributed by atoms with van der Waals surface area (Å²) in [5, 5.41) is 9.12. The van der Waals surface area contributed by atoms with E-state index < -0.39 is 17.9 Å². The zero-order chi connectivity index (χ0) is 28.1. The van der Waals surface area contributed by atoms with Crippen molar-refractivity contribution in [2.75, 3.05) is 14.2 Å². The van der Waals surface area contributed by atoms with Gasteiger partial charge in [-0.15, -0.1) is 0 Å². The molecule has 1 amide bonds. The first-order chi connectivity index (χ1) is 19.5. The maximum absolute atomic E-state index is 13.0. The Morgan fingerprint density at radius 3 is 2.67 bits per heavy atom. The molecule has 0 saturated carbocycles. The molecule has 2 aromatic heterocycles. The van der Waals surface area contributed by atoms with E-state index in [0.29, 0.717) is 22.0 Å². The van der Waals surface area contributed by atoms with Crippen LogP contribution in [-0.2, 0) is 20.7 Å². The highest BCUT2D eigenvalue weighted by Crippen LogP contribution is 2.32. The predicted octanol–water partition coefficient (Wildman–Crippen LogP) is 5.60. The first-order valence-corrected chi connectivity index (χ1v) is 12.9. The Hall–Kier alpha value is -4.82. The minimum absolute atomic E-state index is 0.273. The summed E-state index contributed by atoms with van der Waals surface area (Å²) in [6, 6.07) is 21.7. The van der Waals surface area contributed by atoms with Crippen LogP contribution in [0.4, 0.5) is 0 Å². The highest BCUT2D eigenvalue weighted by Gasteiger charge is 2.23. The monoisotopic (exact) mass is 554 g/mol. The fraction of sp³-hybridized carbons (Fsp3) is 0.129. The Bertz CT molecular complexity index is 1700. The molecule has 2 N–H and O–H groups in total. The van der Waals surface area contributed by atoms with Crippen molar-refractivity contribution in [3.05, 3.63) is 107 Å². The summed E-state index contributed by atoms with van der Waals surface area (Å²) in [6.07, 6.45) is 6.96. The molecule has 0 bridgehead atoms. The number of para-hydroxylation sites is 2. The summed E-state index contributed by atoms with van der Waals surface area (Å²) in [7, 11) is 2.90. The van der Waals surface area contributed by atoms with Crippen LogP contribution in [0.25, 0.3) is 33.9 Å². The third-order valence-electron chi connectivity index (χ3n) is 6.49. The van der Waals surface area contributed by atoms with Crippen molar-refractivity contribution >= 4 is 40.5 Å². The highest BCUT2D eigenvalue weighted by molar-refractivity contribution is 6.30. The van der Waals surface area contributed by atoms with E-state index in [1.54, 1.807) is 36.2 Å². The molecule has 0 fully saturated rings. The van der Waals surface area contributed by atoms with E-state index in [1.807, 2.05) is 66.9 Å². The summed E-state index contributed by atoms with van der Waals surface area (Å²) in [5.74, 6) is -0.338. The molecule has 3 aromatic carbocycles. The Morgan fingerprint density at radius 2 is 1.88 bits per heavy atom. The molecule has 8 nitrogen and oxygen atoms in total. The van der Waals surface area contributed by atoms with Crippen LogP contribution in [0.5, 0.6) is 5.75 Å². The number of methoxy groups -OCH3 is 2. The number of esters is 1. The summed E-state index contributed by atoms with van der Waals surface area (Å²) in [4.78, 5) is 28.8. The number of amides is 1. The fourth-order valence-electron chi connectivity index (χ4n) is 4.55. The number of carbonyl (C=O) groups is 2. The van der Waals surface area contributed by atoms with Gasteiger partial charge in [0.1, 0.15) is 17.5 Å². The summed E-state index contributed by atoms with van der Waals surface area (Å²) >= 11 is 6.21. The molecule has 0 aliphatic carbocycles. The largest absolute Gasteiger partial charge is 0.496 e. The van der Waals surface area contributed by atoms with Crippen molar-refractivity contribution in [2.24, 2.45) is 0 Å². The van der Waals surface area contributed by atoms with Gasteiger partial charge < -0.3 is 19.8 Å². The molecule has 2 heterocycles. The van der Waals surface area contributed by atoms with E-state index in [2.05, 4.69) is 10.3 Å². The lowest BCUT2D eigenvalue weighted by Crippen LogP contribution is -2.42. The van der Waals surface area contributed by atoms with E-state index in [4.69, 9.17) is 26.2 Å². The van der Waals surface area contributed by atoms with Crippen molar-refractivity contribution in [1.29, 1.82) is 0 Å². The average molecular weight is 555 g/mol. The van der Waals surface area contributed by atoms with Gasteiger partial charge in [-0.05, 0) is 48.0 Å². The second-order valence-electron chi connectivity index (χ2n) is 9.04. The lowest BCUT2D eigenvalue weighted by molar-refractivity contribution is -0.144. The van der Waals surface area contributed by atoms with Gasteiger partial charge in [0, 0.05) is 51.9 Å². The van der Waals surface area contributed by atoms with Gasteiger partial charge in [-0.25, -0.2) is 9.48 Å². The molecule has 0 radical (unpaired) electrons. The summed E-state index contributed by atoms with van der Waals surface area (Å²) in [5.41, 5.74) is 4.66. The van der Waals surface area contributed by atoms with Crippen molar-refractivity contribution in [3.63, 3.8) is 0 Å². The van der Waals surface area contributed by atoms with Crippen LogP contribution in [0.2, 0.25) is 5.02 Å². The van der Waals surface area contributed by atoms with E-state index in [0.717, 1.165) is 27.7 Å². The van der Waals surface area contributed by atoms with E-state index >= 15 is 0 Å². The first-order valence-electron chi connectivity index (χ1n) is 12.6. The third kappa shape index (κ3) is 5.77. The number of hydrogen-bond donors (Lipinski definition) is 2. The molecule has 202 valence electrons.